The zero-order valence-electron chi connectivity index (χ0n) is 13.8. The Balaban J connectivity index is 2.01. The van der Waals surface area contributed by atoms with Crippen molar-refractivity contribution < 1.29 is 13.2 Å². The second kappa shape index (κ2) is 6.95. The molecule has 0 aliphatic carbocycles. The molecule has 4 rings (SSSR count). The highest BCUT2D eigenvalue weighted by Crippen LogP contribution is 2.36. The van der Waals surface area contributed by atoms with Gasteiger partial charge < -0.3 is 0 Å². The van der Waals surface area contributed by atoms with E-state index in [4.69, 9.17) is 34.8 Å². The van der Waals surface area contributed by atoms with E-state index in [9.17, 15) is 13.2 Å². The van der Waals surface area contributed by atoms with E-state index < -0.39 is 11.9 Å². The van der Waals surface area contributed by atoms with Crippen LogP contribution in [0.1, 0.15) is 5.69 Å². The van der Waals surface area contributed by atoms with Crippen molar-refractivity contribution in [3.63, 3.8) is 0 Å². The van der Waals surface area contributed by atoms with Crippen molar-refractivity contribution in [1.29, 1.82) is 0 Å². The molecule has 0 saturated heterocycles. The van der Waals surface area contributed by atoms with Gasteiger partial charge in [-0.1, -0.05) is 53.0 Å². The average molecular weight is 443 g/mol. The lowest BCUT2D eigenvalue weighted by molar-refractivity contribution is -0.142. The molecule has 0 aliphatic rings. The van der Waals surface area contributed by atoms with Gasteiger partial charge >= 0.3 is 6.18 Å². The Morgan fingerprint density at radius 2 is 1.64 bits per heavy atom. The molecule has 0 saturated carbocycles. The molecule has 0 spiro atoms. The molecule has 142 valence electrons. The number of benzene rings is 2. The minimum absolute atomic E-state index is 0.0539. The molecule has 0 aliphatic heterocycles. The molecule has 9 heteroatoms. The van der Waals surface area contributed by atoms with Gasteiger partial charge in [0.25, 0.3) is 0 Å². The average Bonchev–Trinajstić information content (AvgIpc) is 3.06. The van der Waals surface area contributed by atoms with E-state index in [0.29, 0.717) is 26.7 Å². The van der Waals surface area contributed by atoms with Gasteiger partial charge in [0.1, 0.15) is 0 Å². The number of nitrogens with zero attached hydrogens (tertiary/aromatic N) is 3. The predicted molar refractivity (Wildman–Crippen MR) is 104 cm³/mol. The van der Waals surface area contributed by atoms with Gasteiger partial charge in [0.2, 0.25) is 0 Å². The fourth-order valence-electron chi connectivity index (χ4n) is 2.83. The minimum atomic E-state index is -4.64. The highest BCUT2D eigenvalue weighted by atomic mass is 35.5. The summed E-state index contributed by atoms with van der Waals surface area (Å²) in [6.07, 6.45) is -3.30. The summed E-state index contributed by atoms with van der Waals surface area (Å²) in [5, 5.41) is 4.87. The van der Waals surface area contributed by atoms with Crippen LogP contribution >= 0.6 is 34.8 Å². The smallest absolute Gasteiger partial charge is 0.228 e. The van der Waals surface area contributed by atoms with Gasteiger partial charge in [0.15, 0.2) is 11.3 Å². The first kappa shape index (κ1) is 19.1. The standard InChI is InChI=1S/C19H9Cl3F3N3/c20-12-3-1-2-10(6-12)13-9-26-28-17(19(23,24)25)8-16(27-18(13)28)11-4-5-14(21)15(22)7-11/h1-9H. The lowest BCUT2D eigenvalue weighted by Crippen LogP contribution is -2.13. The molecule has 28 heavy (non-hydrogen) atoms. The first-order valence-corrected chi connectivity index (χ1v) is 9.05. The zero-order valence-corrected chi connectivity index (χ0v) is 16.1. The van der Waals surface area contributed by atoms with E-state index in [1.165, 1.54) is 18.3 Å². The fraction of sp³-hybridized carbons (Fsp3) is 0.0526. The van der Waals surface area contributed by atoms with Crippen LogP contribution in [0.25, 0.3) is 28.0 Å². The Bertz CT molecular complexity index is 1200. The molecule has 0 radical (unpaired) electrons. The number of hydrogen-bond donors (Lipinski definition) is 0. The van der Waals surface area contributed by atoms with Crippen LogP contribution in [0.4, 0.5) is 13.2 Å². The van der Waals surface area contributed by atoms with Crippen molar-refractivity contribution in [2.45, 2.75) is 6.18 Å². The van der Waals surface area contributed by atoms with Gasteiger partial charge in [-0.05, 0) is 35.9 Å². The largest absolute Gasteiger partial charge is 0.433 e. The summed E-state index contributed by atoms with van der Waals surface area (Å²) >= 11 is 18.0. The predicted octanol–water partition coefficient (Wildman–Crippen LogP) is 7.04. The molecule has 0 fully saturated rings. The number of halogens is 6. The summed E-state index contributed by atoms with van der Waals surface area (Å²) in [6.45, 7) is 0. The van der Waals surface area contributed by atoms with Gasteiger partial charge in [-0.15, -0.1) is 0 Å². The molecule has 0 bridgehead atoms. The SMILES string of the molecule is FC(F)(F)c1cc(-c2ccc(Cl)c(Cl)c2)nc2c(-c3cccc(Cl)c3)cnn12. The highest BCUT2D eigenvalue weighted by Gasteiger charge is 2.35. The van der Waals surface area contributed by atoms with E-state index in [-0.39, 0.29) is 16.4 Å². The topological polar surface area (TPSA) is 30.2 Å². The van der Waals surface area contributed by atoms with Crippen LogP contribution in [0.2, 0.25) is 15.1 Å². The Labute approximate surface area is 172 Å². The summed E-state index contributed by atoms with van der Waals surface area (Å²) in [5.74, 6) is 0. The Morgan fingerprint density at radius 1 is 0.857 bits per heavy atom. The van der Waals surface area contributed by atoms with Gasteiger partial charge in [0.05, 0.1) is 21.9 Å². The molecular formula is C19H9Cl3F3N3. The van der Waals surface area contributed by atoms with E-state index in [1.54, 1.807) is 30.3 Å². The maximum Gasteiger partial charge on any atom is 0.433 e. The monoisotopic (exact) mass is 441 g/mol. The Morgan fingerprint density at radius 3 is 2.32 bits per heavy atom. The minimum Gasteiger partial charge on any atom is -0.228 e. The van der Waals surface area contributed by atoms with Crippen molar-refractivity contribution in [2.75, 3.05) is 0 Å². The lowest BCUT2D eigenvalue weighted by atomic mass is 10.1. The molecule has 2 heterocycles. The first-order valence-electron chi connectivity index (χ1n) is 7.91. The number of alkyl halides is 3. The van der Waals surface area contributed by atoms with Gasteiger partial charge in [0, 0.05) is 16.1 Å². The highest BCUT2D eigenvalue weighted by molar-refractivity contribution is 6.42. The van der Waals surface area contributed by atoms with Crippen LogP contribution in [-0.4, -0.2) is 14.6 Å². The van der Waals surface area contributed by atoms with Gasteiger partial charge in [-0.3, -0.25) is 0 Å². The fourth-order valence-corrected chi connectivity index (χ4v) is 3.32. The third kappa shape index (κ3) is 3.43. The van der Waals surface area contributed by atoms with E-state index in [2.05, 4.69) is 10.1 Å². The summed E-state index contributed by atoms with van der Waals surface area (Å²) in [6, 6.07) is 12.2. The van der Waals surface area contributed by atoms with Crippen LogP contribution in [0.3, 0.4) is 0 Å². The maximum atomic E-state index is 13.7. The normalized spacial score (nSPS) is 11.9. The molecule has 0 amide bonds. The number of rotatable bonds is 2. The number of hydrogen-bond acceptors (Lipinski definition) is 2. The van der Waals surface area contributed by atoms with Crippen molar-refractivity contribution in [1.82, 2.24) is 14.6 Å². The molecule has 3 nitrogen and oxygen atoms in total. The summed E-state index contributed by atoms with van der Waals surface area (Å²) in [5.41, 5.74) is 0.636. The van der Waals surface area contributed by atoms with Crippen LogP contribution in [0, 0.1) is 0 Å². The summed E-state index contributed by atoms with van der Waals surface area (Å²) in [7, 11) is 0. The second-order valence-electron chi connectivity index (χ2n) is 5.96. The van der Waals surface area contributed by atoms with Gasteiger partial charge in [-0.25, -0.2) is 9.50 Å². The molecule has 2 aromatic heterocycles. The van der Waals surface area contributed by atoms with Crippen molar-refractivity contribution in [3.8, 4) is 22.4 Å². The summed E-state index contributed by atoms with van der Waals surface area (Å²) in [4.78, 5) is 4.41. The molecule has 2 aromatic carbocycles. The quantitative estimate of drug-likeness (QED) is 0.333. The second-order valence-corrected chi connectivity index (χ2v) is 7.21. The van der Waals surface area contributed by atoms with Gasteiger partial charge in [-0.2, -0.15) is 18.3 Å². The Kier molecular flexibility index (Phi) is 4.73. The van der Waals surface area contributed by atoms with Crippen LogP contribution in [0.15, 0.2) is 54.7 Å². The molecule has 4 aromatic rings. The van der Waals surface area contributed by atoms with Crippen molar-refractivity contribution in [3.05, 3.63) is 75.5 Å². The molecule has 0 N–H and O–H groups in total. The van der Waals surface area contributed by atoms with Crippen molar-refractivity contribution in [2.24, 2.45) is 0 Å². The Hall–Kier alpha value is -2.28. The lowest BCUT2D eigenvalue weighted by Gasteiger charge is -2.12. The number of fused-ring (bicyclic) bond motifs is 1. The van der Waals surface area contributed by atoms with E-state index in [1.807, 2.05) is 0 Å². The van der Waals surface area contributed by atoms with Crippen LogP contribution in [-0.2, 0) is 6.18 Å². The molecule has 0 atom stereocenters. The van der Waals surface area contributed by atoms with E-state index in [0.717, 1.165) is 10.6 Å². The third-order valence-electron chi connectivity index (χ3n) is 4.11. The molecular weight excluding hydrogens is 434 g/mol. The maximum absolute atomic E-state index is 13.7. The van der Waals surface area contributed by atoms with E-state index >= 15 is 0 Å². The number of aromatic nitrogens is 3. The third-order valence-corrected chi connectivity index (χ3v) is 5.09. The van der Waals surface area contributed by atoms with Crippen LogP contribution in [0.5, 0.6) is 0 Å². The van der Waals surface area contributed by atoms with Crippen LogP contribution < -0.4 is 0 Å². The van der Waals surface area contributed by atoms with Crippen molar-refractivity contribution >= 4 is 40.4 Å². The zero-order chi connectivity index (χ0) is 20.1. The molecule has 0 unspecified atom stereocenters. The summed E-state index contributed by atoms with van der Waals surface area (Å²) < 4.78 is 41.8. The first-order chi connectivity index (χ1) is 13.2.